The molecule has 1 aliphatic heterocycles. The molecule has 4 rings (SSSR count). The smallest absolute Gasteiger partial charge is 0.150 e. The van der Waals surface area contributed by atoms with E-state index in [-0.39, 0.29) is 0 Å². The highest BCUT2D eigenvalue weighted by Crippen LogP contribution is 2.38. The highest BCUT2D eigenvalue weighted by Gasteiger charge is 2.24. The van der Waals surface area contributed by atoms with Crippen LogP contribution < -0.4 is 4.90 Å². The van der Waals surface area contributed by atoms with Gasteiger partial charge in [0.05, 0.1) is 17.6 Å². The predicted octanol–water partition coefficient (Wildman–Crippen LogP) is 3.65. The average molecular weight is 301 g/mol. The van der Waals surface area contributed by atoms with Crippen molar-refractivity contribution in [3.05, 3.63) is 72.2 Å². The summed E-state index contributed by atoms with van der Waals surface area (Å²) in [5, 5.41) is 0. The highest BCUT2D eigenvalue weighted by atomic mass is 16.1. The molecule has 3 heterocycles. The largest absolute Gasteiger partial charge is 0.340 e. The van der Waals surface area contributed by atoms with Crippen molar-refractivity contribution in [2.75, 3.05) is 11.4 Å². The minimum absolute atomic E-state index is 0.670. The van der Waals surface area contributed by atoms with Crippen molar-refractivity contribution >= 4 is 17.7 Å². The maximum absolute atomic E-state index is 11.0. The number of nitrogens with zero attached hydrogens (tertiary/aromatic N) is 3. The van der Waals surface area contributed by atoms with Gasteiger partial charge in [-0.1, -0.05) is 18.2 Å². The fourth-order valence-corrected chi connectivity index (χ4v) is 3.12. The lowest BCUT2D eigenvalue weighted by atomic mass is 10.0. The van der Waals surface area contributed by atoms with Gasteiger partial charge in [-0.15, -0.1) is 0 Å². The van der Waals surface area contributed by atoms with E-state index in [1.54, 1.807) is 6.20 Å². The molecule has 4 nitrogen and oxygen atoms in total. The van der Waals surface area contributed by atoms with E-state index in [2.05, 4.69) is 20.9 Å². The van der Waals surface area contributed by atoms with Crippen molar-refractivity contribution in [1.82, 2.24) is 9.97 Å². The third kappa shape index (κ3) is 2.38. The summed E-state index contributed by atoms with van der Waals surface area (Å²) in [7, 11) is 0. The van der Waals surface area contributed by atoms with E-state index >= 15 is 0 Å². The second-order valence-electron chi connectivity index (χ2n) is 5.51. The lowest BCUT2D eigenvalue weighted by Crippen LogP contribution is -2.13. The van der Waals surface area contributed by atoms with Gasteiger partial charge in [0.1, 0.15) is 6.29 Å². The zero-order chi connectivity index (χ0) is 15.6. The monoisotopic (exact) mass is 301 g/mol. The lowest BCUT2D eigenvalue weighted by Gasteiger charge is -2.19. The molecule has 112 valence electrons. The van der Waals surface area contributed by atoms with Gasteiger partial charge in [-0.3, -0.25) is 14.8 Å². The number of aromatic nitrogens is 2. The minimum Gasteiger partial charge on any atom is -0.340 e. The van der Waals surface area contributed by atoms with E-state index in [0.717, 1.165) is 36.2 Å². The van der Waals surface area contributed by atoms with Crippen LogP contribution in [0.3, 0.4) is 0 Å². The molecule has 0 radical (unpaired) electrons. The lowest BCUT2D eigenvalue weighted by molar-refractivity contribution is 0.112. The van der Waals surface area contributed by atoms with Crippen molar-refractivity contribution < 1.29 is 4.79 Å². The Morgan fingerprint density at radius 2 is 2.04 bits per heavy atom. The van der Waals surface area contributed by atoms with E-state index in [9.17, 15) is 4.79 Å². The summed E-state index contributed by atoms with van der Waals surface area (Å²) < 4.78 is 0. The van der Waals surface area contributed by atoms with Gasteiger partial charge in [-0.05, 0) is 30.7 Å². The molecule has 0 N–H and O–H groups in total. The molecule has 3 aromatic rings. The van der Waals surface area contributed by atoms with E-state index in [4.69, 9.17) is 0 Å². The highest BCUT2D eigenvalue weighted by molar-refractivity contribution is 5.81. The molecule has 23 heavy (non-hydrogen) atoms. The van der Waals surface area contributed by atoms with Crippen LogP contribution in [-0.2, 0) is 6.42 Å². The second-order valence-corrected chi connectivity index (χ2v) is 5.51. The Hall–Kier alpha value is -3.01. The van der Waals surface area contributed by atoms with Crippen molar-refractivity contribution in [3.63, 3.8) is 0 Å². The van der Waals surface area contributed by atoms with Gasteiger partial charge in [0.15, 0.2) is 0 Å². The third-order valence-corrected chi connectivity index (χ3v) is 4.16. The Labute approximate surface area is 134 Å². The average Bonchev–Trinajstić information content (AvgIpc) is 3.06. The maximum atomic E-state index is 11.0. The molecule has 0 aliphatic carbocycles. The van der Waals surface area contributed by atoms with Gasteiger partial charge < -0.3 is 4.90 Å². The number of aldehydes is 1. The van der Waals surface area contributed by atoms with E-state index in [1.165, 1.54) is 11.3 Å². The molecule has 0 saturated heterocycles. The van der Waals surface area contributed by atoms with Crippen LogP contribution >= 0.6 is 0 Å². The molecule has 0 saturated carbocycles. The summed E-state index contributed by atoms with van der Waals surface area (Å²) in [5.74, 6) is 0. The van der Waals surface area contributed by atoms with E-state index < -0.39 is 0 Å². The Bertz CT molecular complexity index is 861. The molecule has 0 unspecified atom stereocenters. The molecular formula is C19H15N3O. The first-order chi connectivity index (χ1) is 11.4. The molecule has 0 spiro atoms. The third-order valence-electron chi connectivity index (χ3n) is 4.16. The van der Waals surface area contributed by atoms with Crippen LogP contribution in [-0.4, -0.2) is 22.8 Å². The Morgan fingerprint density at radius 1 is 1.09 bits per heavy atom. The van der Waals surface area contributed by atoms with Crippen molar-refractivity contribution in [2.24, 2.45) is 0 Å². The molecular weight excluding hydrogens is 286 g/mol. The summed E-state index contributed by atoms with van der Waals surface area (Å²) in [6.45, 7) is 0.910. The molecule has 4 heteroatoms. The molecule has 1 aliphatic rings. The normalized spacial score (nSPS) is 13.0. The number of carbonyl (C=O) groups excluding carboxylic acids is 1. The second kappa shape index (κ2) is 5.65. The van der Waals surface area contributed by atoms with Crippen LogP contribution in [0.1, 0.15) is 15.9 Å². The summed E-state index contributed by atoms with van der Waals surface area (Å²) in [6.07, 6.45) is 7.29. The van der Waals surface area contributed by atoms with Gasteiger partial charge in [0.25, 0.3) is 0 Å². The zero-order valence-corrected chi connectivity index (χ0v) is 12.5. The van der Waals surface area contributed by atoms with Gasteiger partial charge in [0, 0.05) is 41.3 Å². The van der Waals surface area contributed by atoms with Gasteiger partial charge in [-0.25, -0.2) is 0 Å². The van der Waals surface area contributed by atoms with Crippen LogP contribution in [0.5, 0.6) is 0 Å². The fourth-order valence-electron chi connectivity index (χ4n) is 3.12. The fraction of sp³-hybridized carbons (Fsp3) is 0.105. The van der Waals surface area contributed by atoms with Gasteiger partial charge >= 0.3 is 0 Å². The molecule has 0 fully saturated rings. The van der Waals surface area contributed by atoms with Crippen molar-refractivity contribution in [3.8, 4) is 11.3 Å². The Kier molecular flexibility index (Phi) is 3.35. The molecule has 2 aromatic heterocycles. The topological polar surface area (TPSA) is 46.1 Å². The maximum Gasteiger partial charge on any atom is 0.150 e. The molecule has 1 aromatic carbocycles. The number of pyridine rings is 2. The van der Waals surface area contributed by atoms with Crippen LogP contribution in [0.25, 0.3) is 11.3 Å². The quantitative estimate of drug-likeness (QED) is 0.693. The van der Waals surface area contributed by atoms with Crippen LogP contribution in [0.4, 0.5) is 11.4 Å². The van der Waals surface area contributed by atoms with E-state index in [1.807, 2.05) is 48.8 Å². The van der Waals surface area contributed by atoms with Crippen LogP contribution in [0.15, 0.2) is 61.1 Å². The van der Waals surface area contributed by atoms with Crippen molar-refractivity contribution in [1.29, 1.82) is 0 Å². The Balaban J connectivity index is 1.81. The SMILES string of the molecule is O=Cc1cccc(-c2nccc3c2CCN3c2cccnc2)c1. The number of hydrogen-bond donors (Lipinski definition) is 0. The standard InChI is InChI=1S/C19H15N3O/c23-13-14-3-1-4-15(11-14)19-17-7-10-22(18(17)6-9-21-19)16-5-2-8-20-12-16/h1-6,8-9,11-13H,7,10H2. The van der Waals surface area contributed by atoms with E-state index in [0.29, 0.717) is 5.56 Å². The first-order valence-corrected chi connectivity index (χ1v) is 7.58. The van der Waals surface area contributed by atoms with Crippen molar-refractivity contribution in [2.45, 2.75) is 6.42 Å². The molecule has 0 bridgehead atoms. The summed E-state index contributed by atoms with van der Waals surface area (Å²) >= 11 is 0. The summed E-state index contributed by atoms with van der Waals surface area (Å²) in [6, 6.07) is 13.7. The van der Waals surface area contributed by atoms with Crippen LogP contribution in [0, 0.1) is 0 Å². The first-order valence-electron chi connectivity index (χ1n) is 7.58. The number of fused-ring (bicyclic) bond motifs is 1. The van der Waals surface area contributed by atoms with Gasteiger partial charge in [0.2, 0.25) is 0 Å². The summed E-state index contributed by atoms with van der Waals surface area (Å²) in [4.78, 5) is 22.1. The number of carbonyl (C=O) groups is 1. The predicted molar refractivity (Wildman–Crippen MR) is 90.0 cm³/mol. The molecule has 0 amide bonds. The number of benzene rings is 1. The number of hydrogen-bond acceptors (Lipinski definition) is 4. The number of anilines is 2. The van der Waals surface area contributed by atoms with Crippen LogP contribution in [0.2, 0.25) is 0 Å². The zero-order valence-electron chi connectivity index (χ0n) is 12.5. The first kappa shape index (κ1) is 13.6. The summed E-state index contributed by atoms with van der Waals surface area (Å²) in [5.41, 5.74) is 6.09. The minimum atomic E-state index is 0.670. The Morgan fingerprint density at radius 3 is 2.87 bits per heavy atom. The number of rotatable bonds is 3. The molecule has 0 atom stereocenters. The van der Waals surface area contributed by atoms with Gasteiger partial charge in [-0.2, -0.15) is 0 Å².